The van der Waals surface area contributed by atoms with Gasteiger partial charge in [-0.2, -0.15) is 0 Å². The number of para-hydroxylation sites is 2. The number of methoxy groups -OCH3 is 2. The first-order chi connectivity index (χ1) is 20.2. The zero-order chi connectivity index (χ0) is 31.7. The molecule has 2 aromatic heterocycles. The first kappa shape index (κ1) is 41.3. The Morgan fingerprint density at radius 2 is 1.30 bits per heavy atom. The number of esters is 2. The number of carbonyl (C=O) groups excluding carboxylic acids is 4. The minimum atomic E-state index is -0.665. The third-order valence-electron chi connectivity index (χ3n) is 5.60. The second-order valence-corrected chi connectivity index (χ2v) is 8.36. The van der Waals surface area contributed by atoms with Crippen molar-refractivity contribution in [1.29, 1.82) is 0 Å². The molecule has 0 radical (unpaired) electrons. The summed E-state index contributed by atoms with van der Waals surface area (Å²) in [7, 11) is 2.58. The highest BCUT2D eigenvalue weighted by Gasteiger charge is 2.21. The van der Waals surface area contributed by atoms with Gasteiger partial charge in [-0.15, -0.1) is 0 Å². The second-order valence-electron chi connectivity index (χ2n) is 8.36. The first-order valence-corrected chi connectivity index (χ1v) is 13.8. The van der Waals surface area contributed by atoms with Gasteiger partial charge in [-0.3, -0.25) is 9.59 Å². The maximum Gasteiger partial charge on any atom is 0.354 e. The van der Waals surface area contributed by atoms with E-state index in [1.165, 1.54) is 28.1 Å². The van der Waals surface area contributed by atoms with Crippen LogP contribution in [0.25, 0.3) is 27.9 Å². The average Bonchev–Trinajstić information content (AvgIpc) is 3.61. The van der Waals surface area contributed by atoms with Crippen molar-refractivity contribution in [3.63, 3.8) is 0 Å². The number of rotatable bonds is 7. The molecular weight excluding hydrogens is 560 g/mol. The van der Waals surface area contributed by atoms with Gasteiger partial charge < -0.3 is 30.1 Å². The van der Waals surface area contributed by atoms with Crippen molar-refractivity contribution < 1.29 is 28.7 Å². The van der Waals surface area contributed by atoms with Crippen LogP contribution < -0.4 is 10.6 Å². The van der Waals surface area contributed by atoms with E-state index < -0.39 is 18.0 Å². The van der Waals surface area contributed by atoms with Crippen molar-refractivity contribution in [2.75, 3.05) is 14.2 Å². The molecule has 4 aromatic rings. The van der Waals surface area contributed by atoms with E-state index in [-0.39, 0.29) is 32.4 Å². The smallest absolute Gasteiger partial charge is 0.354 e. The van der Waals surface area contributed by atoms with Gasteiger partial charge in [0.25, 0.3) is 0 Å². The number of amides is 2. The fourth-order valence-corrected chi connectivity index (χ4v) is 3.92. The third-order valence-corrected chi connectivity index (χ3v) is 5.60. The van der Waals surface area contributed by atoms with E-state index in [4.69, 9.17) is 4.74 Å². The molecule has 1 atom stereocenters. The SMILES string of the molecule is C.C.CC.CC.COC(=O)/C(=C/c1c[nH]c2ccccc12)NC(C)=O.COC(=O)[C@H](Cc1c[nH]c2ccccc12)NC(C)=O. The van der Waals surface area contributed by atoms with E-state index in [2.05, 4.69) is 25.3 Å². The van der Waals surface area contributed by atoms with Gasteiger partial charge in [-0.25, -0.2) is 9.59 Å². The summed E-state index contributed by atoms with van der Waals surface area (Å²) < 4.78 is 9.35. The monoisotopic (exact) mass is 610 g/mol. The van der Waals surface area contributed by atoms with Gasteiger partial charge in [-0.05, 0) is 23.8 Å². The van der Waals surface area contributed by atoms with Gasteiger partial charge in [0.2, 0.25) is 11.8 Å². The number of nitrogens with one attached hydrogen (secondary N) is 4. The van der Waals surface area contributed by atoms with Gasteiger partial charge in [0, 0.05) is 60.0 Å². The molecule has 10 heteroatoms. The molecule has 242 valence electrons. The average molecular weight is 611 g/mol. The molecule has 0 saturated heterocycles. The van der Waals surface area contributed by atoms with Crippen molar-refractivity contribution in [2.24, 2.45) is 0 Å². The largest absolute Gasteiger partial charge is 0.467 e. The molecule has 0 bridgehead atoms. The molecule has 0 aliphatic rings. The fraction of sp³-hybridized carbons (Fsp3) is 0.353. The Morgan fingerprint density at radius 3 is 1.82 bits per heavy atom. The minimum Gasteiger partial charge on any atom is -0.467 e. The second kappa shape index (κ2) is 21.8. The Balaban J connectivity index is 0. The zero-order valence-corrected chi connectivity index (χ0v) is 25.6. The predicted molar refractivity (Wildman–Crippen MR) is 180 cm³/mol. The normalized spacial score (nSPS) is 10.4. The quantitative estimate of drug-likeness (QED) is 0.138. The summed E-state index contributed by atoms with van der Waals surface area (Å²) in [5, 5.41) is 7.08. The topological polar surface area (TPSA) is 142 Å². The van der Waals surface area contributed by atoms with Crippen LogP contribution in [-0.4, -0.2) is 54.0 Å². The van der Waals surface area contributed by atoms with Gasteiger partial charge in [0.05, 0.1) is 14.2 Å². The van der Waals surface area contributed by atoms with Crippen LogP contribution in [0, 0.1) is 0 Å². The van der Waals surface area contributed by atoms with E-state index >= 15 is 0 Å². The molecule has 10 nitrogen and oxygen atoms in total. The third kappa shape index (κ3) is 12.2. The van der Waals surface area contributed by atoms with Gasteiger partial charge in [0.1, 0.15) is 11.7 Å². The van der Waals surface area contributed by atoms with Crippen LogP contribution in [0.3, 0.4) is 0 Å². The molecule has 0 unspecified atom stereocenters. The summed E-state index contributed by atoms with van der Waals surface area (Å²) in [4.78, 5) is 51.7. The molecule has 0 aliphatic carbocycles. The lowest BCUT2D eigenvalue weighted by atomic mass is 10.1. The molecule has 4 rings (SSSR count). The Labute approximate surface area is 261 Å². The molecule has 44 heavy (non-hydrogen) atoms. The lowest BCUT2D eigenvalue weighted by Gasteiger charge is -2.14. The molecule has 0 spiro atoms. The van der Waals surface area contributed by atoms with E-state index in [0.29, 0.717) is 6.42 Å². The number of carbonyl (C=O) groups is 4. The Hall–Kier alpha value is -4.86. The summed E-state index contributed by atoms with van der Waals surface area (Å²) in [6.45, 7) is 10.7. The maximum absolute atomic E-state index is 11.7. The summed E-state index contributed by atoms with van der Waals surface area (Å²) in [6.07, 6.45) is 5.61. The summed E-state index contributed by atoms with van der Waals surface area (Å²) in [5.74, 6) is -1.60. The van der Waals surface area contributed by atoms with Crippen LogP contribution in [0.4, 0.5) is 0 Å². The zero-order valence-electron chi connectivity index (χ0n) is 25.6. The first-order valence-electron chi connectivity index (χ1n) is 13.8. The summed E-state index contributed by atoms with van der Waals surface area (Å²) >= 11 is 0. The predicted octanol–water partition coefficient (Wildman–Crippen LogP) is 6.53. The van der Waals surface area contributed by atoms with Crippen LogP contribution in [-0.2, 0) is 35.1 Å². The van der Waals surface area contributed by atoms with Crippen LogP contribution in [0.1, 0.15) is 67.5 Å². The van der Waals surface area contributed by atoms with Crippen LogP contribution in [0.15, 0.2) is 66.6 Å². The lowest BCUT2D eigenvalue weighted by molar-refractivity contribution is -0.144. The van der Waals surface area contributed by atoms with Crippen LogP contribution in [0.5, 0.6) is 0 Å². The van der Waals surface area contributed by atoms with E-state index in [1.54, 1.807) is 12.3 Å². The molecule has 0 saturated carbocycles. The number of H-pyrrole nitrogens is 2. The highest BCUT2D eigenvalue weighted by atomic mass is 16.5. The van der Waals surface area contributed by atoms with Crippen molar-refractivity contribution >= 4 is 51.6 Å². The van der Waals surface area contributed by atoms with Crippen LogP contribution >= 0.6 is 0 Å². The van der Waals surface area contributed by atoms with Crippen LogP contribution in [0.2, 0.25) is 0 Å². The van der Waals surface area contributed by atoms with Crippen molar-refractivity contribution in [2.45, 2.75) is 68.9 Å². The number of hydrogen-bond donors (Lipinski definition) is 4. The lowest BCUT2D eigenvalue weighted by Crippen LogP contribution is -2.41. The minimum absolute atomic E-state index is 0. The van der Waals surface area contributed by atoms with Crippen molar-refractivity contribution in [3.05, 3.63) is 77.7 Å². The molecule has 4 N–H and O–H groups in total. The van der Waals surface area contributed by atoms with Gasteiger partial charge in [0.15, 0.2) is 0 Å². The number of hydrogen-bond acceptors (Lipinski definition) is 6. The fourth-order valence-electron chi connectivity index (χ4n) is 3.92. The Bertz CT molecular complexity index is 1490. The number of benzene rings is 2. The molecule has 0 fully saturated rings. The van der Waals surface area contributed by atoms with E-state index in [1.807, 2.05) is 82.4 Å². The Morgan fingerprint density at radius 1 is 0.773 bits per heavy atom. The molecule has 0 aliphatic heterocycles. The summed E-state index contributed by atoms with van der Waals surface area (Å²) in [6, 6.07) is 14.8. The highest BCUT2D eigenvalue weighted by Crippen LogP contribution is 2.21. The van der Waals surface area contributed by atoms with E-state index in [9.17, 15) is 19.2 Å². The van der Waals surface area contributed by atoms with Gasteiger partial charge in [-0.1, -0.05) is 78.9 Å². The van der Waals surface area contributed by atoms with Crippen molar-refractivity contribution in [1.82, 2.24) is 20.6 Å². The number of fused-ring (bicyclic) bond motifs is 2. The Kier molecular flexibility index (Phi) is 20.4. The van der Waals surface area contributed by atoms with Gasteiger partial charge >= 0.3 is 11.9 Å². The molecule has 2 amide bonds. The maximum atomic E-state index is 11.7. The van der Waals surface area contributed by atoms with Crippen molar-refractivity contribution in [3.8, 4) is 0 Å². The molecular formula is C34H50N4O6. The standard InChI is InChI=1S/C14H16N2O3.C14H14N2O3.2C2H6.2CH4/c2*1-9(17)16-13(14(18)19-2)7-10-8-15-12-6-4-3-5-11(10)12;2*1-2;;/h3-6,8,13,15H,7H2,1-2H3,(H,16,17);3-8,15H,1-2H3,(H,16,17);2*1-2H3;2*1H4/b;13-7-;;;;/t13-;;;;;/m0...../s1. The molecule has 2 aromatic carbocycles. The highest BCUT2D eigenvalue weighted by molar-refractivity contribution is 6.00. The molecule has 2 heterocycles. The number of aromatic amines is 2. The summed E-state index contributed by atoms with van der Waals surface area (Å²) in [5.41, 5.74) is 3.86. The number of ether oxygens (including phenoxy) is 2. The van der Waals surface area contributed by atoms with E-state index in [0.717, 1.165) is 32.9 Å². The number of aromatic nitrogens is 2.